The quantitative estimate of drug-likeness (QED) is 0.920. The normalized spacial score (nSPS) is 10.5. The van der Waals surface area contributed by atoms with Crippen molar-refractivity contribution in [1.82, 2.24) is 9.97 Å². The molecular formula is C14H17BrN4. The Morgan fingerprint density at radius 2 is 2.00 bits per heavy atom. The number of hydrogen-bond donors (Lipinski definition) is 1. The van der Waals surface area contributed by atoms with E-state index in [-0.39, 0.29) is 0 Å². The molecule has 2 N–H and O–H groups in total. The maximum absolute atomic E-state index is 5.61. The molecule has 5 heteroatoms. The third-order valence-electron chi connectivity index (χ3n) is 2.75. The van der Waals surface area contributed by atoms with Crippen LogP contribution in [0.2, 0.25) is 0 Å². The lowest BCUT2D eigenvalue weighted by atomic mass is 10.2. The van der Waals surface area contributed by atoms with E-state index in [9.17, 15) is 0 Å². The van der Waals surface area contributed by atoms with Crippen LogP contribution in [0.5, 0.6) is 0 Å². The molecule has 0 aliphatic rings. The van der Waals surface area contributed by atoms with Crippen LogP contribution >= 0.6 is 15.9 Å². The minimum Gasteiger partial charge on any atom is -0.330 e. The number of anilines is 2. The van der Waals surface area contributed by atoms with E-state index >= 15 is 0 Å². The summed E-state index contributed by atoms with van der Waals surface area (Å²) in [6.07, 6.45) is 4.41. The van der Waals surface area contributed by atoms with Gasteiger partial charge in [0.2, 0.25) is 5.95 Å². The predicted octanol–water partition coefficient (Wildman–Crippen LogP) is 3.03. The molecular weight excluding hydrogens is 304 g/mol. The zero-order valence-corrected chi connectivity index (χ0v) is 12.5. The van der Waals surface area contributed by atoms with Crippen LogP contribution in [0.1, 0.15) is 12.0 Å². The summed E-state index contributed by atoms with van der Waals surface area (Å²) < 4.78 is 0.874. The van der Waals surface area contributed by atoms with Crippen LogP contribution < -0.4 is 10.6 Å². The van der Waals surface area contributed by atoms with E-state index in [0.717, 1.165) is 23.1 Å². The highest BCUT2D eigenvalue weighted by atomic mass is 79.9. The van der Waals surface area contributed by atoms with E-state index in [2.05, 4.69) is 55.9 Å². The predicted molar refractivity (Wildman–Crippen MR) is 81.6 cm³/mol. The molecule has 4 nitrogen and oxygen atoms in total. The van der Waals surface area contributed by atoms with E-state index in [4.69, 9.17) is 5.73 Å². The van der Waals surface area contributed by atoms with Crippen LogP contribution in [0.4, 0.5) is 11.6 Å². The molecule has 0 radical (unpaired) electrons. The topological polar surface area (TPSA) is 55.0 Å². The SMILES string of the molecule is Cc1cccc(N(CCCN)c2ncc(Br)cn2)c1. The Morgan fingerprint density at radius 1 is 1.26 bits per heavy atom. The zero-order valence-electron chi connectivity index (χ0n) is 10.9. The standard InChI is InChI=1S/C14H17BrN4/c1-11-4-2-5-13(8-11)19(7-3-6-16)14-17-9-12(15)10-18-14/h2,4-5,8-10H,3,6-7,16H2,1H3. The Bertz CT molecular complexity index is 527. The second-order valence-corrected chi connectivity index (χ2v) is 5.25. The number of benzene rings is 1. The van der Waals surface area contributed by atoms with Crippen molar-refractivity contribution >= 4 is 27.6 Å². The van der Waals surface area contributed by atoms with E-state index in [1.54, 1.807) is 12.4 Å². The van der Waals surface area contributed by atoms with Gasteiger partial charge in [-0.3, -0.25) is 0 Å². The number of rotatable bonds is 5. The largest absolute Gasteiger partial charge is 0.330 e. The molecule has 0 aliphatic heterocycles. The highest BCUT2D eigenvalue weighted by Crippen LogP contribution is 2.23. The summed E-state index contributed by atoms with van der Waals surface area (Å²) in [6, 6.07) is 8.31. The second kappa shape index (κ2) is 6.63. The lowest BCUT2D eigenvalue weighted by Gasteiger charge is -2.22. The van der Waals surface area contributed by atoms with Gasteiger partial charge in [0.05, 0.1) is 4.47 Å². The molecule has 2 rings (SSSR count). The van der Waals surface area contributed by atoms with Crippen LogP contribution in [0.25, 0.3) is 0 Å². The summed E-state index contributed by atoms with van der Waals surface area (Å²) in [5, 5.41) is 0. The average molecular weight is 321 g/mol. The van der Waals surface area contributed by atoms with Gasteiger partial charge >= 0.3 is 0 Å². The Morgan fingerprint density at radius 3 is 2.63 bits per heavy atom. The van der Waals surface area contributed by atoms with Crippen LogP contribution in [0.3, 0.4) is 0 Å². The van der Waals surface area contributed by atoms with Crippen molar-refractivity contribution in [2.45, 2.75) is 13.3 Å². The lowest BCUT2D eigenvalue weighted by molar-refractivity contribution is 0.798. The summed E-state index contributed by atoms with van der Waals surface area (Å²) in [4.78, 5) is 10.8. The van der Waals surface area contributed by atoms with Gasteiger partial charge in [-0.15, -0.1) is 0 Å². The van der Waals surface area contributed by atoms with Crippen molar-refractivity contribution in [3.05, 3.63) is 46.7 Å². The van der Waals surface area contributed by atoms with Gasteiger partial charge in [-0.25, -0.2) is 9.97 Å². The van der Waals surface area contributed by atoms with Crippen molar-refractivity contribution in [1.29, 1.82) is 0 Å². The van der Waals surface area contributed by atoms with Gasteiger partial charge in [-0.2, -0.15) is 0 Å². The van der Waals surface area contributed by atoms with Gasteiger partial charge in [0, 0.05) is 24.6 Å². The first kappa shape index (κ1) is 14.0. The molecule has 0 unspecified atom stereocenters. The molecule has 0 saturated carbocycles. The fraction of sp³-hybridized carbons (Fsp3) is 0.286. The molecule has 100 valence electrons. The number of nitrogens with two attached hydrogens (primary N) is 1. The number of aryl methyl sites for hydroxylation is 1. The molecule has 0 fully saturated rings. The Hall–Kier alpha value is -1.46. The highest BCUT2D eigenvalue weighted by Gasteiger charge is 2.11. The van der Waals surface area contributed by atoms with Gasteiger partial charge in [-0.05, 0) is 53.5 Å². The molecule has 1 heterocycles. The second-order valence-electron chi connectivity index (χ2n) is 4.33. The van der Waals surface area contributed by atoms with Crippen LogP contribution in [-0.2, 0) is 0 Å². The van der Waals surface area contributed by atoms with Crippen LogP contribution in [-0.4, -0.2) is 23.1 Å². The first-order valence-corrected chi connectivity index (χ1v) is 7.02. The first-order chi connectivity index (χ1) is 9.20. The van der Waals surface area contributed by atoms with Crippen molar-refractivity contribution in [2.24, 2.45) is 5.73 Å². The van der Waals surface area contributed by atoms with Crippen molar-refractivity contribution in [3.8, 4) is 0 Å². The van der Waals surface area contributed by atoms with Gasteiger partial charge < -0.3 is 10.6 Å². The summed E-state index contributed by atoms with van der Waals surface area (Å²) >= 11 is 3.35. The van der Waals surface area contributed by atoms with Crippen LogP contribution in [0.15, 0.2) is 41.1 Å². The van der Waals surface area contributed by atoms with Gasteiger partial charge in [0.15, 0.2) is 0 Å². The Labute approximate surface area is 121 Å². The number of hydrogen-bond acceptors (Lipinski definition) is 4. The lowest BCUT2D eigenvalue weighted by Crippen LogP contribution is -2.22. The van der Waals surface area contributed by atoms with E-state index < -0.39 is 0 Å². The van der Waals surface area contributed by atoms with Crippen molar-refractivity contribution in [3.63, 3.8) is 0 Å². The van der Waals surface area contributed by atoms with Gasteiger partial charge in [0.25, 0.3) is 0 Å². The first-order valence-electron chi connectivity index (χ1n) is 6.22. The van der Waals surface area contributed by atoms with Crippen molar-refractivity contribution in [2.75, 3.05) is 18.0 Å². The number of aromatic nitrogens is 2. The zero-order chi connectivity index (χ0) is 13.7. The molecule has 0 atom stereocenters. The fourth-order valence-corrected chi connectivity index (χ4v) is 2.04. The third-order valence-corrected chi connectivity index (χ3v) is 3.16. The molecule has 0 amide bonds. The van der Waals surface area contributed by atoms with Crippen molar-refractivity contribution < 1.29 is 0 Å². The average Bonchev–Trinajstić information content (AvgIpc) is 2.41. The van der Waals surface area contributed by atoms with E-state index in [0.29, 0.717) is 12.5 Å². The van der Waals surface area contributed by atoms with E-state index in [1.165, 1.54) is 5.56 Å². The summed E-state index contributed by atoms with van der Waals surface area (Å²) in [5.74, 6) is 0.697. The molecule has 19 heavy (non-hydrogen) atoms. The molecule has 0 aliphatic carbocycles. The molecule has 0 saturated heterocycles. The molecule has 2 aromatic rings. The third kappa shape index (κ3) is 3.75. The summed E-state index contributed by atoms with van der Waals surface area (Å²) in [5.41, 5.74) is 7.92. The Kier molecular flexibility index (Phi) is 4.87. The summed E-state index contributed by atoms with van der Waals surface area (Å²) in [6.45, 7) is 3.54. The van der Waals surface area contributed by atoms with Gasteiger partial charge in [-0.1, -0.05) is 12.1 Å². The maximum atomic E-state index is 5.61. The van der Waals surface area contributed by atoms with E-state index in [1.807, 2.05) is 6.07 Å². The highest BCUT2D eigenvalue weighted by molar-refractivity contribution is 9.10. The fourth-order valence-electron chi connectivity index (χ4n) is 1.83. The molecule has 1 aromatic heterocycles. The molecule has 1 aromatic carbocycles. The van der Waals surface area contributed by atoms with Gasteiger partial charge in [0.1, 0.15) is 0 Å². The van der Waals surface area contributed by atoms with Crippen LogP contribution in [0, 0.1) is 6.92 Å². The molecule has 0 spiro atoms. The minimum atomic E-state index is 0.652. The number of nitrogens with zero attached hydrogens (tertiary/aromatic N) is 3. The molecule has 0 bridgehead atoms. The maximum Gasteiger partial charge on any atom is 0.229 e. The number of halogens is 1. The minimum absolute atomic E-state index is 0.652. The smallest absolute Gasteiger partial charge is 0.229 e. The Balaban J connectivity index is 2.32. The summed E-state index contributed by atoms with van der Waals surface area (Å²) in [7, 11) is 0. The monoisotopic (exact) mass is 320 g/mol.